The molecule has 0 aromatic carbocycles. The van der Waals surface area contributed by atoms with Gasteiger partial charge in [-0.1, -0.05) is 250 Å². The lowest BCUT2D eigenvalue weighted by Crippen LogP contribution is -2.30. The van der Waals surface area contributed by atoms with Gasteiger partial charge in [-0.05, 0) is 122 Å². The zero-order valence-corrected chi connectivity index (χ0v) is 47.5. The third kappa shape index (κ3) is 58.2. The summed E-state index contributed by atoms with van der Waals surface area (Å²) in [6.07, 6.45) is 86.8. The molecule has 0 heterocycles. The van der Waals surface area contributed by atoms with Gasteiger partial charge in [-0.15, -0.1) is 0 Å². The second kappa shape index (κ2) is 60.8. The van der Waals surface area contributed by atoms with E-state index in [1.807, 2.05) is 0 Å². The summed E-state index contributed by atoms with van der Waals surface area (Å²) in [5, 5.41) is 0. The molecule has 0 spiro atoms. The molecule has 0 aromatic rings. The Kier molecular flexibility index (Phi) is 57.0. The molecule has 0 fully saturated rings. The molecule has 0 rings (SSSR count). The quantitative estimate of drug-likeness (QED) is 0.0199. The van der Waals surface area contributed by atoms with Gasteiger partial charge in [-0.2, -0.15) is 0 Å². The highest BCUT2D eigenvalue weighted by Crippen LogP contribution is 2.14. The van der Waals surface area contributed by atoms with Crippen molar-refractivity contribution in [3.8, 4) is 0 Å². The molecule has 0 aliphatic carbocycles. The molecule has 0 saturated heterocycles. The first-order chi connectivity index (χ1) is 36.5. The van der Waals surface area contributed by atoms with E-state index < -0.39 is 6.10 Å². The molecule has 0 aliphatic rings. The van der Waals surface area contributed by atoms with Crippen LogP contribution in [0.2, 0.25) is 0 Å². The summed E-state index contributed by atoms with van der Waals surface area (Å²) in [5.41, 5.74) is 0. The van der Waals surface area contributed by atoms with Crippen LogP contribution in [-0.2, 0) is 28.6 Å². The van der Waals surface area contributed by atoms with E-state index >= 15 is 0 Å². The largest absolute Gasteiger partial charge is 0.462 e. The molecular weight excluding hydrogens is 913 g/mol. The molecule has 1 unspecified atom stereocenters. The number of ether oxygens (including phenoxy) is 3. The number of hydrogen-bond donors (Lipinski definition) is 0. The molecule has 6 heteroatoms. The number of carbonyl (C=O) groups excluding carboxylic acids is 3. The van der Waals surface area contributed by atoms with Gasteiger partial charge in [-0.25, -0.2) is 0 Å². The molecule has 74 heavy (non-hydrogen) atoms. The van der Waals surface area contributed by atoms with E-state index in [0.29, 0.717) is 19.3 Å². The van der Waals surface area contributed by atoms with Crippen molar-refractivity contribution in [1.82, 2.24) is 0 Å². The number of carbonyl (C=O) groups is 3. The van der Waals surface area contributed by atoms with Crippen LogP contribution in [0.5, 0.6) is 0 Å². The fourth-order valence-corrected chi connectivity index (χ4v) is 7.73. The molecular formula is C68H108O6. The van der Waals surface area contributed by atoms with Crippen LogP contribution in [-0.4, -0.2) is 37.2 Å². The minimum absolute atomic E-state index is 0.105. The fourth-order valence-electron chi connectivity index (χ4n) is 7.73. The predicted molar refractivity (Wildman–Crippen MR) is 320 cm³/mol. The molecule has 1 atom stereocenters. The molecule has 0 aromatic heterocycles. The van der Waals surface area contributed by atoms with E-state index in [-0.39, 0.29) is 31.1 Å². The van der Waals surface area contributed by atoms with Crippen LogP contribution in [0.25, 0.3) is 0 Å². The van der Waals surface area contributed by atoms with Crippen LogP contribution in [0, 0.1) is 0 Å². The SMILES string of the molecule is CC/C=C\C/C=C\C/C=C\C/C=C\CCCCCCCCC(=O)OCC(COC(=O)CCCCCCC\C=C/C=C\C=C/C=C\CCCCC)OC(=O)CCCCCCCC/C=C\C/C=C\C/C=C\C/C=C\CC. The van der Waals surface area contributed by atoms with Crippen molar-refractivity contribution in [2.45, 2.75) is 252 Å². The van der Waals surface area contributed by atoms with E-state index in [9.17, 15) is 14.4 Å². The van der Waals surface area contributed by atoms with Crippen molar-refractivity contribution in [2.75, 3.05) is 13.2 Å². The van der Waals surface area contributed by atoms with Gasteiger partial charge in [0.1, 0.15) is 13.2 Å². The average molecular weight is 1020 g/mol. The lowest BCUT2D eigenvalue weighted by molar-refractivity contribution is -0.167. The van der Waals surface area contributed by atoms with Crippen molar-refractivity contribution in [3.63, 3.8) is 0 Å². The van der Waals surface area contributed by atoms with Gasteiger partial charge in [0, 0.05) is 19.3 Å². The van der Waals surface area contributed by atoms with Crippen molar-refractivity contribution in [3.05, 3.63) is 146 Å². The summed E-state index contributed by atoms with van der Waals surface area (Å²) in [5.74, 6) is -0.958. The first kappa shape index (κ1) is 69.3. The molecule has 0 aliphatic heterocycles. The molecule has 6 nitrogen and oxygen atoms in total. The standard InChI is InChI=1S/C68H108O6/c1-4-7-10-13-16-19-22-25-28-31-34-37-40-43-46-49-52-55-58-61-67(70)73-64-65(63-72-66(69)60-57-54-51-48-45-42-39-36-33-30-27-24-21-18-15-12-9-6-3)74-68(71)62-59-56-53-50-47-44-41-38-35-32-29-26-23-20-17-14-11-8-5-2/h7-8,10-11,16-21,24-30,33-39,65H,4-6,9,12-15,22-23,31-32,40-64H2,1-3H3/b10-7-,11-8-,19-16-,20-17-,21-18-,27-24-,28-25-,29-26-,33-30-,37-34-,38-35-,39-36-. The van der Waals surface area contributed by atoms with E-state index in [0.717, 1.165) is 161 Å². The molecule has 0 amide bonds. The van der Waals surface area contributed by atoms with Crippen molar-refractivity contribution in [1.29, 1.82) is 0 Å². The van der Waals surface area contributed by atoms with Crippen LogP contribution < -0.4 is 0 Å². The second-order valence-electron chi connectivity index (χ2n) is 19.2. The second-order valence-corrected chi connectivity index (χ2v) is 19.2. The third-order valence-corrected chi connectivity index (χ3v) is 12.2. The summed E-state index contributed by atoms with van der Waals surface area (Å²) >= 11 is 0. The molecule has 0 radical (unpaired) electrons. The Morgan fingerprint density at radius 3 is 0.946 bits per heavy atom. The Balaban J connectivity index is 4.53. The van der Waals surface area contributed by atoms with E-state index in [1.54, 1.807) is 0 Å². The van der Waals surface area contributed by atoms with Gasteiger partial charge < -0.3 is 14.2 Å². The Morgan fingerprint density at radius 2 is 0.581 bits per heavy atom. The van der Waals surface area contributed by atoms with Crippen LogP contribution in [0.15, 0.2) is 146 Å². The van der Waals surface area contributed by atoms with Gasteiger partial charge in [0.2, 0.25) is 0 Å². The highest BCUT2D eigenvalue weighted by molar-refractivity contribution is 5.71. The number of esters is 3. The Hall–Kier alpha value is -4.71. The van der Waals surface area contributed by atoms with Gasteiger partial charge in [-0.3, -0.25) is 14.4 Å². The molecule has 0 bridgehead atoms. The average Bonchev–Trinajstić information content (AvgIpc) is 3.40. The lowest BCUT2D eigenvalue weighted by Gasteiger charge is -2.18. The minimum Gasteiger partial charge on any atom is -0.462 e. The maximum absolute atomic E-state index is 12.9. The maximum Gasteiger partial charge on any atom is 0.306 e. The number of unbranched alkanes of at least 4 members (excludes halogenated alkanes) is 20. The zero-order chi connectivity index (χ0) is 53.6. The Bertz CT molecular complexity index is 1640. The van der Waals surface area contributed by atoms with E-state index in [2.05, 4.69) is 167 Å². The predicted octanol–water partition coefficient (Wildman–Crippen LogP) is 20.4. The highest BCUT2D eigenvalue weighted by atomic mass is 16.6. The fraction of sp³-hybridized carbons (Fsp3) is 0.603. The van der Waals surface area contributed by atoms with Gasteiger partial charge in [0.15, 0.2) is 6.10 Å². The summed E-state index contributed by atoms with van der Waals surface area (Å²) in [6, 6.07) is 0. The first-order valence-electron chi connectivity index (χ1n) is 29.9. The van der Waals surface area contributed by atoms with Crippen LogP contribution in [0.3, 0.4) is 0 Å². The van der Waals surface area contributed by atoms with E-state index in [4.69, 9.17) is 14.2 Å². The summed E-state index contributed by atoms with van der Waals surface area (Å²) < 4.78 is 16.9. The van der Waals surface area contributed by atoms with Gasteiger partial charge in [0.25, 0.3) is 0 Å². The van der Waals surface area contributed by atoms with Crippen molar-refractivity contribution in [2.24, 2.45) is 0 Å². The van der Waals surface area contributed by atoms with Crippen LogP contribution >= 0.6 is 0 Å². The number of hydrogen-bond acceptors (Lipinski definition) is 6. The zero-order valence-electron chi connectivity index (χ0n) is 47.5. The van der Waals surface area contributed by atoms with Crippen LogP contribution in [0.4, 0.5) is 0 Å². The van der Waals surface area contributed by atoms with Gasteiger partial charge >= 0.3 is 17.9 Å². The molecule has 416 valence electrons. The maximum atomic E-state index is 12.9. The first-order valence-corrected chi connectivity index (χ1v) is 29.9. The molecule has 0 saturated carbocycles. The Labute approximate surface area is 455 Å². The minimum atomic E-state index is -0.810. The van der Waals surface area contributed by atoms with E-state index in [1.165, 1.54) is 44.9 Å². The summed E-state index contributed by atoms with van der Waals surface area (Å²) in [4.78, 5) is 38.3. The topological polar surface area (TPSA) is 78.9 Å². The van der Waals surface area contributed by atoms with Crippen molar-refractivity contribution >= 4 is 17.9 Å². The smallest absolute Gasteiger partial charge is 0.306 e. The van der Waals surface area contributed by atoms with Crippen LogP contribution in [0.1, 0.15) is 245 Å². The summed E-state index contributed by atoms with van der Waals surface area (Å²) in [6.45, 7) is 6.33. The third-order valence-electron chi connectivity index (χ3n) is 12.2. The monoisotopic (exact) mass is 1020 g/mol. The van der Waals surface area contributed by atoms with Gasteiger partial charge in [0.05, 0.1) is 0 Å². The summed E-state index contributed by atoms with van der Waals surface area (Å²) in [7, 11) is 0. The lowest BCUT2D eigenvalue weighted by atomic mass is 10.1. The number of allylic oxidation sites excluding steroid dienone is 24. The normalized spacial score (nSPS) is 13.2. The molecule has 0 N–H and O–H groups in total. The Morgan fingerprint density at radius 1 is 0.297 bits per heavy atom. The highest BCUT2D eigenvalue weighted by Gasteiger charge is 2.19. The number of rotatable bonds is 52. The van der Waals surface area contributed by atoms with Crippen molar-refractivity contribution < 1.29 is 28.6 Å².